The number of halogens is 3. The molecule has 0 aliphatic carbocycles. The summed E-state index contributed by atoms with van der Waals surface area (Å²) in [5.41, 5.74) is 2.37. The number of methoxy groups -OCH3 is 1. The van der Waals surface area contributed by atoms with E-state index in [9.17, 15) is 0 Å². The summed E-state index contributed by atoms with van der Waals surface area (Å²) < 4.78 is 7.32. The van der Waals surface area contributed by atoms with E-state index in [4.69, 9.17) is 4.74 Å². The summed E-state index contributed by atoms with van der Waals surface area (Å²) in [6.07, 6.45) is 0. The van der Waals surface area contributed by atoms with Gasteiger partial charge in [-0.15, -0.1) is 0 Å². The number of benzene rings is 2. The summed E-state index contributed by atoms with van der Waals surface area (Å²) in [6.45, 7) is 0. The SMILES string of the molecule is COc1ccc(C(Br)c2ccccc2Br)c(Br)c1. The van der Waals surface area contributed by atoms with Crippen LogP contribution in [0.25, 0.3) is 0 Å². The van der Waals surface area contributed by atoms with E-state index >= 15 is 0 Å². The van der Waals surface area contributed by atoms with Gasteiger partial charge in [-0.2, -0.15) is 0 Å². The monoisotopic (exact) mass is 432 g/mol. The Kier molecular flexibility index (Phi) is 4.87. The number of ether oxygens (including phenoxy) is 1. The van der Waals surface area contributed by atoms with Gasteiger partial charge in [0, 0.05) is 8.95 Å². The molecule has 1 atom stereocenters. The quantitative estimate of drug-likeness (QED) is 0.562. The Morgan fingerprint density at radius 1 is 0.944 bits per heavy atom. The first-order valence-electron chi connectivity index (χ1n) is 5.35. The largest absolute Gasteiger partial charge is 0.497 e. The standard InChI is InChI=1S/C14H11Br3O/c1-18-9-6-7-11(13(16)8-9)14(17)10-4-2-3-5-12(10)15/h2-8,14H,1H3. The van der Waals surface area contributed by atoms with E-state index in [1.165, 1.54) is 11.1 Å². The van der Waals surface area contributed by atoms with Crippen LogP contribution in [-0.2, 0) is 0 Å². The first kappa shape index (κ1) is 14.1. The van der Waals surface area contributed by atoms with Gasteiger partial charge in [-0.05, 0) is 29.3 Å². The van der Waals surface area contributed by atoms with Gasteiger partial charge in [0.1, 0.15) is 5.75 Å². The van der Waals surface area contributed by atoms with Crippen molar-refractivity contribution in [2.45, 2.75) is 4.83 Å². The fourth-order valence-corrected chi connectivity index (χ4v) is 4.20. The van der Waals surface area contributed by atoms with Gasteiger partial charge in [-0.1, -0.05) is 72.1 Å². The van der Waals surface area contributed by atoms with Crippen LogP contribution in [0.1, 0.15) is 16.0 Å². The van der Waals surface area contributed by atoms with Crippen LogP contribution in [0.5, 0.6) is 5.75 Å². The molecular weight excluding hydrogens is 424 g/mol. The van der Waals surface area contributed by atoms with Crippen LogP contribution in [0.2, 0.25) is 0 Å². The molecule has 2 aromatic rings. The van der Waals surface area contributed by atoms with Crippen molar-refractivity contribution in [3.63, 3.8) is 0 Å². The summed E-state index contributed by atoms with van der Waals surface area (Å²) in [5, 5.41) is 0. The van der Waals surface area contributed by atoms with Gasteiger partial charge in [0.25, 0.3) is 0 Å². The molecule has 2 aromatic carbocycles. The molecule has 2 rings (SSSR count). The van der Waals surface area contributed by atoms with E-state index < -0.39 is 0 Å². The Morgan fingerprint density at radius 3 is 2.22 bits per heavy atom. The van der Waals surface area contributed by atoms with E-state index in [2.05, 4.69) is 59.9 Å². The van der Waals surface area contributed by atoms with Crippen LogP contribution >= 0.6 is 47.8 Å². The summed E-state index contributed by atoms with van der Waals surface area (Å²) >= 11 is 10.9. The predicted molar refractivity (Wildman–Crippen MR) is 85.6 cm³/mol. The number of hydrogen-bond donors (Lipinski definition) is 0. The maximum atomic E-state index is 5.20. The minimum absolute atomic E-state index is 0.133. The highest BCUT2D eigenvalue weighted by molar-refractivity contribution is 9.11. The summed E-state index contributed by atoms with van der Waals surface area (Å²) in [7, 11) is 1.67. The third-order valence-corrected chi connectivity index (χ3v) is 5.05. The van der Waals surface area contributed by atoms with Crippen LogP contribution < -0.4 is 4.74 Å². The molecule has 4 heteroatoms. The van der Waals surface area contributed by atoms with Crippen molar-refractivity contribution in [1.82, 2.24) is 0 Å². The molecular formula is C14H11Br3O. The van der Waals surface area contributed by atoms with Gasteiger partial charge in [0.05, 0.1) is 11.9 Å². The Labute approximate surface area is 132 Å². The maximum absolute atomic E-state index is 5.20. The van der Waals surface area contributed by atoms with E-state index in [-0.39, 0.29) is 4.83 Å². The molecule has 0 heterocycles. The van der Waals surface area contributed by atoms with E-state index in [1.807, 2.05) is 30.3 Å². The van der Waals surface area contributed by atoms with Gasteiger partial charge >= 0.3 is 0 Å². The van der Waals surface area contributed by atoms with Gasteiger partial charge in [-0.3, -0.25) is 0 Å². The Bertz CT molecular complexity index is 554. The molecule has 0 aliphatic rings. The predicted octanol–water partition coefficient (Wildman–Crippen LogP) is 5.70. The molecule has 0 aromatic heterocycles. The minimum atomic E-state index is 0.133. The van der Waals surface area contributed by atoms with Gasteiger partial charge in [0.2, 0.25) is 0 Å². The zero-order chi connectivity index (χ0) is 13.1. The summed E-state index contributed by atoms with van der Waals surface area (Å²) in [4.78, 5) is 0.133. The van der Waals surface area contributed by atoms with Crippen LogP contribution in [-0.4, -0.2) is 7.11 Å². The molecule has 0 amide bonds. The smallest absolute Gasteiger partial charge is 0.120 e. The highest BCUT2D eigenvalue weighted by atomic mass is 79.9. The lowest BCUT2D eigenvalue weighted by Crippen LogP contribution is -1.95. The van der Waals surface area contributed by atoms with E-state index in [1.54, 1.807) is 7.11 Å². The molecule has 1 unspecified atom stereocenters. The molecule has 0 saturated heterocycles. The molecule has 0 bridgehead atoms. The molecule has 94 valence electrons. The average molecular weight is 435 g/mol. The van der Waals surface area contributed by atoms with Gasteiger partial charge in [0.15, 0.2) is 0 Å². The van der Waals surface area contributed by atoms with Crippen LogP contribution in [0.3, 0.4) is 0 Å². The van der Waals surface area contributed by atoms with Crippen LogP contribution in [0.4, 0.5) is 0 Å². The van der Waals surface area contributed by atoms with E-state index in [0.29, 0.717) is 0 Å². The third kappa shape index (κ3) is 2.98. The molecule has 0 aliphatic heterocycles. The van der Waals surface area contributed by atoms with Crippen molar-refractivity contribution in [2.24, 2.45) is 0 Å². The zero-order valence-electron chi connectivity index (χ0n) is 9.66. The minimum Gasteiger partial charge on any atom is -0.497 e. The molecule has 0 spiro atoms. The second-order valence-electron chi connectivity index (χ2n) is 3.77. The summed E-state index contributed by atoms with van der Waals surface area (Å²) in [5.74, 6) is 0.845. The van der Waals surface area contributed by atoms with Gasteiger partial charge < -0.3 is 4.74 Å². The molecule has 1 nitrogen and oxygen atoms in total. The number of hydrogen-bond acceptors (Lipinski definition) is 1. The summed E-state index contributed by atoms with van der Waals surface area (Å²) in [6, 6.07) is 14.2. The molecule has 0 fully saturated rings. The van der Waals surface area contributed by atoms with Crippen molar-refractivity contribution in [3.05, 3.63) is 62.5 Å². The third-order valence-electron chi connectivity index (χ3n) is 2.66. The topological polar surface area (TPSA) is 9.23 Å². The molecule has 0 radical (unpaired) electrons. The van der Waals surface area contributed by atoms with Crippen LogP contribution in [0.15, 0.2) is 51.4 Å². The second-order valence-corrected chi connectivity index (χ2v) is 6.40. The first-order chi connectivity index (χ1) is 8.63. The fraction of sp³-hybridized carbons (Fsp3) is 0.143. The Morgan fingerprint density at radius 2 is 1.61 bits per heavy atom. The fourth-order valence-electron chi connectivity index (χ4n) is 1.69. The lowest BCUT2D eigenvalue weighted by Gasteiger charge is -2.15. The van der Waals surface area contributed by atoms with E-state index in [0.717, 1.165) is 14.7 Å². The van der Waals surface area contributed by atoms with Crippen LogP contribution in [0, 0.1) is 0 Å². The second kappa shape index (κ2) is 6.22. The zero-order valence-corrected chi connectivity index (χ0v) is 14.4. The molecule has 0 N–H and O–H groups in total. The lowest BCUT2D eigenvalue weighted by atomic mass is 10.0. The molecule has 18 heavy (non-hydrogen) atoms. The van der Waals surface area contributed by atoms with Gasteiger partial charge in [-0.25, -0.2) is 0 Å². The average Bonchev–Trinajstić information content (AvgIpc) is 2.38. The Balaban J connectivity index is 2.40. The Hall–Kier alpha value is -0.320. The van der Waals surface area contributed by atoms with Crippen molar-refractivity contribution in [2.75, 3.05) is 7.11 Å². The molecule has 0 saturated carbocycles. The van der Waals surface area contributed by atoms with Crippen molar-refractivity contribution in [1.29, 1.82) is 0 Å². The number of alkyl halides is 1. The van der Waals surface area contributed by atoms with Crippen molar-refractivity contribution in [3.8, 4) is 5.75 Å². The maximum Gasteiger partial charge on any atom is 0.120 e. The highest BCUT2D eigenvalue weighted by Gasteiger charge is 2.16. The first-order valence-corrected chi connectivity index (χ1v) is 7.85. The van der Waals surface area contributed by atoms with Crippen molar-refractivity contribution < 1.29 is 4.74 Å². The van der Waals surface area contributed by atoms with Crippen molar-refractivity contribution >= 4 is 47.8 Å². The lowest BCUT2D eigenvalue weighted by molar-refractivity contribution is 0.414. The highest BCUT2D eigenvalue weighted by Crippen LogP contribution is 2.39. The normalized spacial score (nSPS) is 12.2. The number of rotatable bonds is 3.